The van der Waals surface area contributed by atoms with Gasteiger partial charge in [-0.3, -0.25) is 4.39 Å². The van der Waals surface area contributed by atoms with Crippen LogP contribution in [-0.4, -0.2) is 6.67 Å². The maximum absolute atomic E-state index is 12.0. The normalized spacial score (nSPS) is 32.9. The molecule has 2 saturated carbocycles. The van der Waals surface area contributed by atoms with Gasteiger partial charge in [-0.25, -0.2) is 0 Å². The molecule has 0 radical (unpaired) electrons. The lowest BCUT2D eigenvalue weighted by atomic mass is 9.76. The minimum atomic E-state index is -0.187. The Morgan fingerprint density at radius 3 is 2.05 bits per heavy atom. The summed E-state index contributed by atoms with van der Waals surface area (Å²) in [7, 11) is 0. The van der Waals surface area contributed by atoms with Gasteiger partial charge in [0, 0.05) is 5.92 Å². The monoisotopic (exact) mass is 305 g/mol. The van der Waals surface area contributed by atoms with Crippen LogP contribution in [0.1, 0.15) is 77.0 Å². The van der Waals surface area contributed by atoms with E-state index in [0.717, 1.165) is 37.0 Å². The van der Waals surface area contributed by atoms with Crippen molar-refractivity contribution in [2.75, 3.05) is 6.67 Å². The molecule has 0 saturated heterocycles. The largest absolute Gasteiger partial charge is 0.251 e. The van der Waals surface area contributed by atoms with Crippen molar-refractivity contribution < 1.29 is 4.39 Å². The van der Waals surface area contributed by atoms with Crippen molar-refractivity contribution in [2.45, 2.75) is 77.0 Å². The Morgan fingerprint density at radius 1 is 0.909 bits per heavy atom. The molecular formula is C20H32FN. The van der Waals surface area contributed by atoms with E-state index in [2.05, 4.69) is 18.2 Å². The molecule has 0 bridgehead atoms. The second kappa shape index (κ2) is 10.0. The van der Waals surface area contributed by atoms with Crippen LogP contribution in [0.3, 0.4) is 0 Å². The van der Waals surface area contributed by atoms with Crippen molar-refractivity contribution >= 4 is 0 Å². The molecule has 2 fully saturated rings. The fourth-order valence-electron chi connectivity index (χ4n) is 4.20. The quantitative estimate of drug-likeness (QED) is 0.405. The molecule has 0 amide bonds. The van der Waals surface area contributed by atoms with Crippen LogP contribution in [0.15, 0.2) is 12.2 Å². The summed E-state index contributed by atoms with van der Waals surface area (Å²) in [6, 6.07) is 2.43. The van der Waals surface area contributed by atoms with Gasteiger partial charge in [-0.2, -0.15) is 5.26 Å². The van der Waals surface area contributed by atoms with Crippen molar-refractivity contribution in [1.82, 2.24) is 0 Å². The van der Waals surface area contributed by atoms with Gasteiger partial charge < -0.3 is 0 Å². The summed E-state index contributed by atoms with van der Waals surface area (Å²) in [4.78, 5) is 0. The van der Waals surface area contributed by atoms with Crippen LogP contribution in [0, 0.1) is 35.0 Å². The van der Waals surface area contributed by atoms with E-state index in [1.165, 1.54) is 51.4 Å². The van der Waals surface area contributed by atoms with Gasteiger partial charge >= 0.3 is 0 Å². The van der Waals surface area contributed by atoms with Gasteiger partial charge in [0.15, 0.2) is 0 Å². The van der Waals surface area contributed by atoms with Crippen LogP contribution in [0.4, 0.5) is 4.39 Å². The summed E-state index contributed by atoms with van der Waals surface area (Å²) in [6.45, 7) is -0.187. The highest BCUT2D eigenvalue weighted by atomic mass is 19.1. The molecular weight excluding hydrogens is 273 g/mol. The Morgan fingerprint density at radius 2 is 1.50 bits per heavy atom. The molecule has 0 atom stereocenters. The topological polar surface area (TPSA) is 23.8 Å². The number of nitriles is 1. The van der Waals surface area contributed by atoms with Crippen molar-refractivity contribution in [3.05, 3.63) is 12.2 Å². The molecule has 0 N–H and O–H groups in total. The van der Waals surface area contributed by atoms with E-state index in [1.807, 2.05) is 0 Å². The Kier molecular flexibility index (Phi) is 7.99. The Balaban J connectivity index is 1.56. The third-order valence-electron chi connectivity index (χ3n) is 5.82. The van der Waals surface area contributed by atoms with E-state index in [9.17, 15) is 4.39 Å². The second-order valence-corrected chi connectivity index (χ2v) is 7.46. The summed E-state index contributed by atoms with van der Waals surface area (Å²) in [6.07, 6.45) is 19.2. The molecule has 2 aliphatic carbocycles. The molecule has 22 heavy (non-hydrogen) atoms. The molecule has 0 unspecified atom stereocenters. The van der Waals surface area contributed by atoms with Crippen LogP contribution in [0.2, 0.25) is 0 Å². The molecule has 2 heteroatoms. The standard InChI is InChI=1S/C20H32FN/c21-15-3-1-2-4-17-5-7-18(8-6-17)9-10-19-11-13-20(16-22)14-12-19/h2,4,17-20H,1,3,5-15H2/b4-2+/t17?,18?,19-,20-. The van der Waals surface area contributed by atoms with E-state index in [-0.39, 0.29) is 6.67 Å². The summed E-state index contributed by atoms with van der Waals surface area (Å²) < 4.78 is 12.0. The first-order chi connectivity index (χ1) is 10.8. The number of unbranched alkanes of at least 4 members (excludes halogenated alkanes) is 1. The average Bonchev–Trinajstić information content (AvgIpc) is 2.58. The molecule has 0 heterocycles. The minimum absolute atomic E-state index is 0.187. The van der Waals surface area contributed by atoms with E-state index < -0.39 is 0 Å². The summed E-state index contributed by atoms with van der Waals surface area (Å²) in [5.74, 6) is 2.92. The number of allylic oxidation sites excluding steroid dienone is 2. The molecule has 0 spiro atoms. The molecule has 0 aromatic heterocycles. The number of halogens is 1. The zero-order valence-electron chi connectivity index (χ0n) is 14.0. The van der Waals surface area contributed by atoms with Crippen molar-refractivity contribution in [3.8, 4) is 6.07 Å². The van der Waals surface area contributed by atoms with Crippen LogP contribution < -0.4 is 0 Å². The third-order valence-corrected chi connectivity index (χ3v) is 5.82. The van der Waals surface area contributed by atoms with Gasteiger partial charge in [-0.05, 0) is 82.0 Å². The zero-order valence-corrected chi connectivity index (χ0v) is 14.0. The molecule has 0 aromatic rings. The van der Waals surface area contributed by atoms with Crippen molar-refractivity contribution in [2.24, 2.45) is 23.7 Å². The minimum Gasteiger partial charge on any atom is -0.251 e. The summed E-state index contributed by atoms with van der Waals surface area (Å²) in [5, 5.41) is 8.95. The highest BCUT2D eigenvalue weighted by Crippen LogP contribution is 2.36. The molecule has 2 rings (SSSR count). The van der Waals surface area contributed by atoms with Crippen LogP contribution in [0.25, 0.3) is 0 Å². The van der Waals surface area contributed by atoms with Gasteiger partial charge in [-0.1, -0.05) is 25.0 Å². The number of alkyl halides is 1. The Bertz CT molecular complexity index is 354. The molecule has 124 valence electrons. The first-order valence-electron chi connectivity index (χ1n) is 9.44. The third kappa shape index (κ3) is 6.11. The van der Waals surface area contributed by atoms with Gasteiger partial charge in [0.2, 0.25) is 0 Å². The number of rotatable bonds is 7. The number of hydrogen-bond donors (Lipinski definition) is 0. The SMILES string of the molecule is N#C[C@H]1CC[C@H](CCC2CCC(/C=C/CCCF)CC2)CC1. The van der Waals surface area contributed by atoms with E-state index >= 15 is 0 Å². The number of nitrogens with zero attached hydrogens (tertiary/aromatic N) is 1. The predicted octanol–water partition coefficient (Wildman–Crippen LogP) is 6.21. The maximum Gasteiger partial charge on any atom is 0.0897 e. The van der Waals surface area contributed by atoms with E-state index in [4.69, 9.17) is 5.26 Å². The highest BCUT2D eigenvalue weighted by Gasteiger charge is 2.23. The summed E-state index contributed by atoms with van der Waals surface area (Å²) >= 11 is 0. The lowest BCUT2D eigenvalue weighted by Gasteiger charge is -2.30. The fraction of sp³-hybridized carbons (Fsp3) is 0.850. The van der Waals surface area contributed by atoms with Crippen LogP contribution in [0.5, 0.6) is 0 Å². The maximum atomic E-state index is 12.0. The average molecular weight is 305 g/mol. The van der Waals surface area contributed by atoms with Gasteiger partial charge in [-0.15, -0.1) is 0 Å². The predicted molar refractivity (Wildman–Crippen MR) is 90.1 cm³/mol. The van der Waals surface area contributed by atoms with Crippen LogP contribution in [-0.2, 0) is 0 Å². The Labute approximate surface area is 136 Å². The number of hydrogen-bond acceptors (Lipinski definition) is 1. The van der Waals surface area contributed by atoms with Gasteiger partial charge in [0.1, 0.15) is 0 Å². The first-order valence-corrected chi connectivity index (χ1v) is 9.44. The molecule has 2 aliphatic rings. The van der Waals surface area contributed by atoms with Crippen molar-refractivity contribution in [1.29, 1.82) is 5.26 Å². The molecule has 0 aromatic carbocycles. The first kappa shape index (κ1) is 17.5. The van der Waals surface area contributed by atoms with Gasteiger partial charge in [0.25, 0.3) is 0 Å². The second-order valence-electron chi connectivity index (χ2n) is 7.46. The van der Waals surface area contributed by atoms with Crippen LogP contribution >= 0.6 is 0 Å². The highest BCUT2D eigenvalue weighted by molar-refractivity contribution is 4.91. The van der Waals surface area contributed by atoms with Crippen molar-refractivity contribution in [3.63, 3.8) is 0 Å². The smallest absolute Gasteiger partial charge is 0.0897 e. The lowest BCUT2D eigenvalue weighted by Crippen LogP contribution is -2.17. The molecule has 1 nitrogen and oxygen atoms in total. The van der Waals surface area contributed by atoms with Gasteiger partial charge in [0.05, 0.1) is 12.7 Å². The fourth-order valence-corrected chi connectivity index (χ4v) is 4.20. The summed E-state index contributed by atoms with van der Waals surface area (Å²) in [5.41, 5.74) is 0. The zero-order chi connectivity index (χ0) is 15.6. The molecule has 0 aliphatic heterocycles. The lowest BCUT2D eigenvalue weighted by molar-refractivity contribution is 0.242. The van der Waals surface area contributed by atoms with E-state index in [1.54, 1.807) is 0 Å². The Hall–Kier alpha value is -0.840. The van der Waals surface area contributed by atoms with E-state index in [0.29, 0.717) is 12.3 Å².